The van der Waals surface area contributed by atoms with Gasteiger partial charge < -0.3 is 9.84 Å². The minimum atomic E-state index is -4.56. The van der Waals surface area contributed by atoms with Crippen molar-refractivity contribution in [1.29, 1.82) is 0 Å². The van der Waals surface area contributed by atoms with E-state index in [0.717, 1.165) is 19.2 Å². The highest BCUT2D eigenvalue weighted by Gasteiger charge is 2.35. The molecular formula is C10H9F3O3. The van der Waals surface area contributed by atoms with Gasteiger partial charge in [-0.2, -0.15) is 13.2 Å². The molecule has 0 fully saturated rings. The summed E-state index contributed by atoms with van der Waals surface area (Å²) in [6, 6.07) is 1.64. The number of hydrogen-bond donors (Lipinski definition) is 1. The number of methoxy groups -OCH3 is 1. The molecule has 0 radical (unpaired) electrons. The van der Waals surface area contributed by atoms with Crippen LogP contribution in [0.25, 0.3) is 0 Å². The summed E-state index contributed by atoms with van der Waals surface area (Å²) in [5.74, 6) is -1.78. The van der Waals surface area contributed by atoms with Gasteiger partial charge in [-0.3, -0.25) is 0 Å². The second-order valence-electron chi connectivity index (χ2n) is 3.17. The molecule has 1 N–H and O–H groups in total. The monoisotopic (exact) mass is 234 g/mol. The van der Waals surface area contributed by atoms with E-state index in [0.29, 0.717) is 0 Å². The van der Waals surface area contributed by atoms with Crippen LogP contribution in [0.1, 0.15) is 21.5 Å². The van der Waals surface area contributed by atoms with Gasteiger partial charge in [0.25, 0.3) is 0 Å². The summed E-state index contributed by atoms with van der Waals surface area (Å²) in [6.45, 7) is 1.30. The van der Waals surface area contributed by atoms with Crippen LogP contribution in [-0.2, 0) is 6.18 Å². The number of carbonyl (C=O) groups is 1. The van der Waals surface area contributed by atoms with Crippen molar-refractivity contribution in [2.75, 3.05) is 7.11 Å². The number of aryl methyl sites for hydroxylation is 1. The molecule has 0 spiro atoms. The predicted molar refractivity (Wildman–Crippen MR) is 49.7 cm³/mol. The van der Waals surface area contributed by atoms with Gasteiger partial charge in [-0.05, 0) is 24.6 Å². The molecule has 0 bridgehead atoms. The highest BCUT2D eigenvalue weighted by Crippen LogP contribution is 2.37. The molecule has 0 saturated heterocycles. The van der Waals surface area contributed by atoms with Crippen LogP contribution in [-0.4, -0.2) is 18.2 Å². The first-order chi connectivity index (χ1) is 7.27. The molecule has 6 heteroatoms. The third-order valence-corrected chi connectivity index (χ3v) is 2.08. The van der Waals surface area contributed by atoms with Crippen LogP contribution in [0.5, 0.6) is 5.75 Å². The van der Waals surface area contributed by atoms with Crippen molar-refractivity contribution in [2.24, 2.45) is 0 Å². The average Bonchev–Trinajstić information content (AvgIpc) is 2.15. The molecule has 1 aromatic carbocycles. The molecule has 0 saturated carbocycles. The summed E-state index contributed by atoms with van der Waals surface area (Å²) in [4.78, 5) is 10.7. The van der Waals surface area contributed by atoms with Gasteiger partial charge in [-0.1, -0.05) is 0 Å². The van der Waals surface area contributed by atoms with Gasteiger partial charge >= 0.3 is 12.1 Å². The first-order valence-corrected chi connectivity index (χ1v) is 4.26. The van der Waals surface area contributed by atoms with Crippen molar-refractivity contribution >= 4 is 5.97 Å². The minimum Gasteiger partial charge on any atom is -0.496 e. The number of alkyl halides is 3. The Bertz CT molecular complexity index is 424. The Kier molecular flexibility index (Phi) is 3.11. The maximum Gasteiger partial charge on any atom is 0.419 e. The molecule has 16 heavy (non-hydrogen) atoms. The number of halogens is 3. The summed E-state index contributed by atoms with van der Waals surface area (Å²) in [7, 11) is 1.06. The number of aromatic carboxylic acids is 1. The van der Waals surface area contributed by atoms with E-state index in [1.807, 2.05) is 0 Å². The fourth-order valence-electron chi connectivity index (χ4n) is 1.31. The Hall–Kier alpha value is -1.72. The zero-order valence-electron chi connectivity index (χ0n) is 8.55. The Morgan fingerprint density at radius 3 is 2.31 bits per heavy atom. The van der Waals surface area contributed by atoms with Crippen LogP contribution in [0.3, 0.4) is 0 Å². The quantitative estimate of drug-likeness (QED) is 0.855. The summed E-state index contributed by atoms with van der Waals surface area (Å²) in [5, 5.41) is 8.74. The zero-order chi connectivity index (χ0) is 12.5. The van der Waals surface area contributed by atoms with Gasteiger partial charge in [0.15, 0.2) is 0 Å². The lowest BCUT2D eigenvalue weighted by atomic mass is 10.0. The molecule has 0 aromatic heterocycles. The van der Waals surface area contributed by atoms with Crippen LogP contribution in [0.15, 0.2) is 12.1 Å². The topological polar surface area (TPSA) is 46.5 Å². The fourth-order valence-corrected chi connectivity index (χ4v) is 1.31. The molecule has 1 rings (SSSR count). The molecule has 0 aliphatic carbocycles. The molecule has 0 atom stereocenters. The smallest absolute Gasteiger partial charge is 0.419 e. The highest BCUT2D eigenvalue weighted by molar-refractivity contribution is 5.90. The summed E-state index contributed by atoms with van der Waals surface area (Å²) in [5.41, 5.74) is -1.14. The van der Waals surface area contributed by atoms with Gasteiger partial charge in [0, 0.05) is 0 Å². The Balaban J connectivity index is 3.44. The van der Waals surface area contributed by atoms with Gasteiger partial charge in [-0.25, -0.2) is 4.79 Å². The predicted octanol–water partition coefficient (Wildman–Crippen LogP) is 2.72. The Labute approximate surface area is 89.5 Å². The lowest BCUT2D eigenvalue weighted by Crippen LogP contribution is -2.10. The van der Waals surface area contributed by atoms with Gasteiger partial charge in [0.1, 0.15) is 5.75 Å². The molecule has 0 aliphatic rings. The number of carboxylic acids is 1. The van der Waals surface area contributed by atoms with Crippen molar-refractivity contribution in [2.45, 2.75) is 13.1 Å². The average molecular weight is 234 g/mol. The largest absolute Gasteiger partial charge is 0.496 e. The molecule has 3 nitrogen and oxygen atoms in total. The van der Waals surface area contributed by atoms with Crippen molar-refractivity contribution in [3.8, 4) is 5.75 Å². The second kappa shape index (κ2) is 4.03. The second-order valence-corrected chi connectivity index (χ2v) is 3.17. The standard InChI is InChI=1S/C10H9F3O3/c1-5-3-7(10(11,12)13)8(16-2)4-6(5)9(14)15/h3-4H,1-2H3,(H,14,15). The van der Waals surface area contributed by atoms with E-state index in [-0.39, 0.29) is 11.1 Å². The van der Waals surface area contributed by atoms with Gasteiger partial charge in [-0.15, -0.1) is 0 Å². The van der Waals surface area contributed by atoms with E-state index in [4.69, 9.17) is 5.11 Å². The van der Waals surface area contributed by atoms with Gasteiger partial charge in [0.05, 0.1) is 18.2 Å². The van der Waals surface area contributed by atoms with E-state index in [2.05, 4.69) is 4.74 Å². The number of benzene rings is 1. The molecule has 0 unspecified atom stereocenters. The molecular weight excluding hydrogens is 225 g/mol. The Morgan fingerprint density at radius 1 is 1.38 bits per heavy atom. The number of rotatable bonds is 2. The van der Waals surface area contributed by atoms with Crippen molar-refractivity contribution in [1.82, 2.24) is 0 Å². The SMILES string of the molecule is COc1cc(C(=O)O)c(C)cc1C(F)(F)F. The normalized spacial score (nSPS) is 11.3. The lowest BCUT2D eigenvalue weighted by Gasteiger charge is -2.14. The van der Waals surface area contributed by atoms with Crippen LogP contribution in [0.2, 0.25) is 0 Å². The minimum absolute atomic E-state index is 0.0422. The molecule has 0 amide bonds. The first kappa shape index (κ1) is 12.4. The first-order valence-electron chi connectivity index (χ1n) is 4.26. The lowest BCUT2D eigenvalue weighted by molar-refractivity contribution is -0.138. The summed E-state index contributed by atoms with van der Waals surface area (Å²) < 4.78 is 42.1. The summed E-state index contributed by atoms with van der Waals surface area (Å²) in [6.07, 6.45) is -4.56. The van der Waals surface area contributed by atoms with E-state index in [1.165, 1.54) is 6.92 Å². The number of hydrogen-bond acceptors (Lipinski definition) is 2. The van der Waals surface area contributed by atoms with Gasteiger partial charge in [0.2, 0.25) is 0 Å². The molecule has 88 valence electrons. The van der Waals surface area contributed by atoms with Crippen molar-refractivity contribution < 1.29 is 27.8 Å². The summed E-state index contributed by atoms with van der Waals surface area (Å²) >= 11 is 0. The van der Waals surface area contributed by atoms with E-state index in [9.17, 15) is 18.0 Å². The molecule has 1 aromatic rings. The Morgan fingerprint density at radius 2 is 1.94 bits per heavy atom. The van der Waals surface area contributed by atoms with E-state index >= 15 is 0 Å². The number of ether oxygens (including phenoxy) is 1. The maximum absolute atomic E-state index is 12.5. The van der Waals surface area contributed by atoms with Crippen LogP contribution in [0.4, 0.5) is 13.2 Å². The van der Waals surface area contributed by atoms with Crippen molar-refractivity contribution in [3.05, 3.63) is 28.8 Å². The van der Waals surface area contributed by atoms with E-state index in [1.54, 1.807) is 0 Å². The third-order valence-electron chi connectivity index (χ3n) is 2.08. The van der Waals surface area contributed by atoms with E-state index < -0.39 is 23.5 Å². The molecule has 0 heterocycles. The zero-order valence-corrected chi connectivity index (χ0v) is 8.55. The van der Waals surface area contributed by atoms with Crippen LogP contribution < -0.4 is 4.74 Å². The number of carboxylic acid groups (broad SMARTS) is 1. The highest BCUT2D eigenvalue weighted by atomic mass is 19.4. The van der Waals surface area contributed by atoms with Crippen LogP contribution in [0, 0.1) is 6.92 Å². The fraction of sp³-hybridized carbons (Fsp3) is 0.300. The molecule has 0 aliphatic heterocycles. The van der Waals surface area contributed by atoms with Crippen molar-refractivity contribution in [3.63, 3.8) is 0 Å². The van der Waals surface area contributed by atoms with Crippen LogP contribution >= 0.6 is 0 Å². The maximum atomic E-state index is 12.5. The third kappa shape index (κ3) is 2.26.